The lowest BCUT2D eigenvalue weighted by Crippen LogP contribution is -1.84. The molecule has 1 aromatic carbocycles. The van der Waals surface area contributed by atoms with Crippen molar-refractivity contribution < 1.29 is 0 Å². The van der Waals surface area contributed by atoms with E-state index in [0.717, 1.165) is 27.6 Å². The van der Waals surface area contributed by atoms with E-state index in [4.69, 9.17) is 23.2 Å². The molecule has 0 amide bonds. The standard InChI is InChI=1S/C10H10Cl2/c1-3-4-8-5-9(11)7(2)10(12)6-8/h3,5-6H,1,4H2,2H3. The summed E-state index contributed by atoms with van der Waals surface area (Å²) in [5.74, 6) is 0. The molecule has 0 saturated heterocycles. The van der Waals surface area contributed by atoms with Crippen LogP contribution in [0.25, 0.3) is 0 Å². The molecule has 0 spiro atoms. The third-order valence-electron chi connectivity index (χ3n) is 1.72. The molecule has 0 unspecified atom stereocenters. The van der Waals surface area contributed by atoms with Crippen molar-refractivity contribution in [2.45, 2.75) is 13.3 Å². The zero-order valence-corrected chi connectivity index (χ0v) is 8.41. The Kier molecular flexibility index (Phi) is 3.19. The summed E-state index contributed by atoms with van der Waals surface area (Å²) in [5, 5.41) is 1.44. The van der Waals surface area contributed by atoms with Crippen LogP contribution in [-0.4, -0.2) is 0 Å². The molecule has 0 aliphatic heterocycles. The van der Waals surface area contributed by atoms with E-state index in [-0.39, 0.29) is 0 Å². The third-order valence-corrected chi connectivity index (χ3v) is 2.51. The van der Waals surface area contributed by atoms with Crippen LogP contribution in [-0.2, 0) is 6.42 Å². The molecular formula is C10H10Cl2. The fraction of sp³-hybridized carbons (Fsp3) is 0.200. The molecule has 0 bridgehead atoms. The van der Waals surface area contributed by atoms with Gasteiger partial charge in [-0.15, -0.1) is 6.58 Å². The second-order valence-corrected chi connectivity index (χ2v) is 3.49. The predicted octanol–water partition coefficient (Wildman–Crippen LogP) is 4.03. The Hall–Kier alpha value is -0.460. The molecular weight excluding hydrogens is 191 g/mol. The molecule has 0 aromatic heterocycles. The second kappa shape index (κ2) is 3.97. The van der Waals surface area contributed by atoms with Crippen molar-refractivity contribution in [3.05, 3.63) is 46.0 Å². The molecule has 1 rings (SSSR count). The zero-order chi connectivity index (χ0) is 9.14. The summed E-state index contributed by atoms with van der Waals surface area (Å²) in [6, 6.07) is 3.84. The summed E-state index contributed by atoms with van der Waals surface area (Å²) in [6.45, 7) is 5.56. The van der Waals surface area contributed by atoms with Gasteiger partial charge in [0.05, 0.1) is 0 Å². The number of hydrogen-bond acceptors (Lipinski definition) is 0. The summed E-state index contributed by atoms with van der Waals surface area (Å²) < 4.78 is 0. The van der Waals surface area contributed by atoms with Crippen molar-refractivity contribution in [2.75, 3.05) is 0 Å². The van der Waals surface area contributed by atoms with Crippen LogP contribution in [0.2, 0.25) is 10.0 Å². The Morgan fingerprint density at radius 3 is 2.25 bits per heavy atom. The summed E-state index contributed by atoms with van der Waals surface area (Å²) >= 11 is 11.9. The summed E-state index contributed by atoms with van der Waals surface area (Å²) in [5.41, 5.74) is 2.04. The fourth-order valence-electron chi connectivity index (χ4n) is 0.982. The molecule has 0 radical (unpaired) electrons. The van der Waals surface area contributed by atoms with Crippen LogP contribution >= 0.6 is 23.2 Å². The normalized spacial score (nSPS) is 9.92. The molecule has 0 heterocycles. The molecule has 0 nitrogen and oxygen atoms in total. The van der Waals surface area contributed by atoms with Gasteiger partial charge in [0.2, 0.25) is 0 Å². The van der Waals surface area contributed by atoms with Crippen LogP contribution in [0.1, 0.15) is 11.1 Å². The molecule has 64 valence electrons. The number of rotatable bonds is 2. The monoisotopic (exact) mass is 200 g/mol. The molecule has 0 atom stereocenters. The highest BCUT2D eigenvalue weighted by Gasteiger charge is 2.02. The van der Waals surface area contributed by atoms with Crippen molar-refractivity contribution in [1.82, 2.24) is 0 Å². The zero-order valence-electron chi connectivity index (χ0n) is 6.90. The molecule has 2 heteroatoms. The quantitative estimate of drug-likeness (QED) is 0.633. The average molecular weight is 201 g/mol. The van der Waals surface area contributed by atoms with Crippen molar-refractivity contribution >= 4 is 23.2 Å². The smallest absolute Gasteiger partial charge is 0.0452 e. The molecule has 0 N–H and O–H groups in total. The van der Waals surface area contributed by atoms with Crippen molar-refractivity contribution in [3.8, 4) is 0 Å². The maximum absolute atomic E-state index is 5.94. The number of halogens is 2. The van der Waals surface area contributed by atoms with Crippen molar-refractivity contribution in [3.63, 3.8) is 0 Å². The lowest BCUT2D eigenvalue weighted by atomic mass is 10.1. The summed E-state index contributed by atoms with van der Waals surface area (Å²) in [4.78, 5) is 0. The van der Waals surface area contributed by atoms with Crippen LogP contribution in [0.5, 0.6) is 0 Å². The molecule has 12 heavy (non-hydrogen) atoms. The minimum atomic E-state index is 0.722. The lowest BCUT2D eigenvalue weighted by Gasteiger charge is -2.03. The van der Waals surface area contributed by atoms with Gasteiger partial charge >= 0.3 is 0 Å². The Morgan fingerprint density at radius 2 is 1.83 bits per heavy atom. The highest BCUT2D eigenvalue weighted by Crippen LogP contribution is 2.25. The van der Waals surface area contributed by atoms with Gasteiger partial charge in [0, 0.05) is 10.0 Å². The Balaban J connectivity index is 3.11. The van der Waals surface area contributed by atoms with Gasteiger partial charge in [-0.25, -0.2) is 0 Å². The first-order valence-corrected chi connectivity index (χ1v) is 4.46. The average Bonchev–Trinajstić information content (AvgIpc) is 2.01. The van der Waals surface area contributed by atoms with Crippen LogP contribution in [0.3, 0.4) is 0 Å². The SMILES string of the molecule is C=CCc1cc(Cl)c(C)c(Cl)c1. The van der Waals surface area contributed by atoms with E-state index in [9.17, 15) is 0 Å². The van der Waals surface area contributed by atoms with Gasteiger partial charge in [-0.2, -0.15) is 0 Å². The van der Waals surface area contributed by atoms with E-state index >= 15 is 0 Å². The van der Waals surface area contributed by atoms with Crippen LogP contribution < -0.4 is 0 Å². The van der Waals surface area contributed by atoms with Crippen LogP contribution in [0, 0.1) is 6.92 Å². The summed E-state index contributed by atoms with van der Waals surface area (Å²) in [6.07, 6.45) is 2.64. The largest absolute Gasteiger partial charge is 0.103 e. The topological polar surface area (TPSA) is 0 Å². The van der Waals surface area contributed by atoms with Gasteiger partial charge in [-0.1, -0.05) is 29.3 Å². The predicted molar refractivity (Wildman–Crippen MR) is 55.1 cm³/mol. The van der Waals surface area contributed by atoms with Gasteiger partial charge in [-0.3, -0.25) is 0 Å². The third kappa shape index (κ3) is 2.02. The number of hydrogen-bond donors (Lipinski definition) is 0. The second-order valence-electron chi connectivity index (χ2n) is 2.68. The van der Waals surface area contributed by atoms with Crippen molar-refractivity contribution in [1.29, 1.82) is 0 Å². The first kappa shape index (κ1) is 9.63. The van der Waals surface area contributed by atoms with Gasteiger partial charge in [0.1, 0.15) is 0 Å². The minimum absolute atomic E-state index is 0.722. The van der Waals surface area contributed by atoms with E-state index in [0.29, 0.717) is 0 Å². The van der Waals surface area contributed by atoms with E-state index in [1.807, 2.05) is 25.1 Å². The number of benzene rings is 1. The van der Waals surface area contributed by atoms with Gasteiger partial charge in [0.25, 0.3) is 0 Å². The first-order chi connectivity index (χ1) is 5.65. The first-order valence-electron chi connectivity index (χ1n) is 3.70. The molecule has 0 saturated carbocycles. The van der Waals surface area contributed by atoms with Crippen LogP contribution in [0.15, 0.2) is 24.8 Å². The molecule has 1 aromatic rings. The Labute approximate surface area is 82.8 Å². The molecule has 0 aliphatic carbocycles. The Bertz CT molecular complexity index is 280. The van der Waals surface area contributed by atoms with Crippen LogP contribution in [0.4, 0.5) is 0 Å². The van der Waals surface area contributed by atoms with Gasteiger partial charge in [0.15, 0.2) is 0 Å². The highest BCUT2D eigenvalue weighted by molar-refractivity contribution is 6.36. The van der Waals surface area contributed by atoms with Crippen molar-refractivity contribution in [2.24, 2.45) is 0 Å². The number of allylic oxidation sites excluding steroid dienone is 1. The highest BCUT2D eigenvalue weighted by atomic mass is 35.5. The molecule has 0 aliphatic rings. The van der Waals surface area contributed by atoms with E-state index in [2.05, 4.69) is 6.58 Å². The Morgan fingerprint density at radius 1 is 1.33 bits per heavy atom. The maximum atomic E-state index is 5.94. The van der Waals surface area contributed by atoms with Gasteiger partial charge < -0.3 is 0 Å². The van der Waals surface area contributed by atoms with Gasteiger partial charge in [-0.05, 0) is 36.6 Å². The summed E-state index contributed by atoms with van der Waals surface area (Å²) in [7, 11) is 0. The van der Waals surface area contributed by atoms with E-state index in [1.54, 1.807) is 0 Å². The van der Waals surface area contributed by atoms with E-state index in [1.165, 1.54) is 0 Å². The van der Waals surface area contributed by atoms with E-state index < -0.39 is 0 Å². The molecule has 0 fully saturated rings. The lowest BCUT2D eigenvalue weighted by molar-refractivity contribution is 1.26. The fourth-order valence-corrected chi connectivity index (χ4v) is 1.51. The maximum Gasteiger partial charge on any atom is 0.0452 e. The minimum Gasteiger partial charge on any atom is -0.103 e.